The normalized spacial score (nSPS) is 10.9. The number of hydrogen-bond acceptors (Lipinski definition) is 3. The van der Waals surface area contributed by atoms with Crippen LogP contribution in [0.25, 0.3) is 0 Å². The van der Waals surface area contributed by atoms with Gasteiger partial charge in [-0.1, -0.05) is 19.1 Å². The smallest absolute Gasteiger partial charge is 0.0314 e. The predicted octanol–water partition coefficient (Wildman–Crippen LogP) is 2.84. The molecule has 0 saturated carbocycles. The minimum Gasteiger partial charge on any atom is -0.399 e. The highest BCUT2D eigenvalue weighted by molar-refractivity contribution is 7.98. The molecule has 0 heterocycles. The van der Waals surface area contributed by atoms with Gasteiger partial charge in [-0.25, -0.2) is 0 Å². The van der Waals surface area contributed by atoms with Gasteiger partial charge >= 0.3 is 0 Å². The van der Waals surface area contributed by atoms with Gasteiger partial charge in [0, 0.05) is 12.2 Å². The van der Waals surface area contributed by atoms with E-state index in [0.29, 0.717) is 0 Å². The van der Waals surface area contributed by atoms with Gasteiger partial charge in [-0.3, -0.25) is 4.90 Å². The lowest BCUT2D eigenvalue weighted by molar-refractivity contribution is 0.281. The Morgan fingerprint density at radius 1 is 1.25 bits per heavy atom. The molecule has 0 atom stereocenters. The maximum atomic E-state index is 5.67. The van der Waals surface area contributed by atoms with Gasteiger partial charge in [-0.05, 0) is 49.2 Å². The first-order chi connectivity index (χ1) is 7.76. The van der Waals surface area contributed by atoms with Gasteiger partial charge in [0.1, 0.15) is 0 Å². The fraction of sp³-hybridized carbons (Fsp3) is 0.538. The van der Waals surface area contributed by atoms with E-state index in [0.717, 1.165) is 18.8 Å². The van der Waals surface area contributed by atoms with Crippen molar-refractivity contribution >= 4 is 17.4 Å². The van der Waals surface area contributed by atoms with E-state index >= 15 is 0 Å². The van der Waals surface area contributed by atoms with Gasteiger partial charge < -0.3 is 5.73 Å². The predicted molar refractivity (Wildman–Crippen MR) is 74.8 cm³/mol. The molecule has 16 heavy (non-hydrogen) atoms. The van der Waals surface area contributed by atoms with Gasteiger partial charge in [-0.2, -0.15) is 11.8 Å². The molecule has 0 aromatic heterocycles. The number of nitrogens with two attached hydrogens (primary N) is 1. The molecule has 0 bridgehead atoms. The van der Waals surface area contributed by atoms with Crippen molar-refractivity contribution in [3.63, 3.8) is 0 Å². The minimum absolute atomic E-state index is 0.842. The summed E-state index contributed by atoms with van der Waals surface area (Å²) in [6.07, 6.45) is 3.43. The Hall–Kier alpha value is -0.670. The first kappa shape index (κ1) is 13.4. The summed E-state index contributed by atoms with van der Waals surface area (Å²) >= 11 is 1.92. The van der Waals surface area contributed by atoms with Crippen LogP contribution in [0.1, 0.15) is 18.9 Å². The molecule has 0 unspecified atom stereocenters. The van der Waals surface area contributed by atoms with E-state index in [9.17, 15) is 0 Å². The van der Waals surface area contributed by atoms with Crippen molar-refractivity contribution in [2.75, 3.05) is 30.8 Å². The third-order valence-electron chi connectivity index (χ3n) is 2.66. The molecule has 0 aliphatic heterocycles. The molecule has 1 aromatic carbocycles. The summed E-state index contributed by atoms with van der Waals surface area (Å²) in [7, 11) is 0. The summed E-state index contributed by atoms with van der Waals surface area (Å²) in [5.74, 6) is 1.25. The Labute approximate surface area is 103 Å². The van der Waals surface area contributed by atoms with Crippen molar-refractivity contribution in [3.8, 4) is 0 Å². The third-order valence-corrected chi connectivity index (χ3v) is 3.35. The molecule has 0 fully saturated rings. The summed E-state index contributed by atoms with van der Waals surface area (Å²) in [4.78, 5) is 2.47. The van der Waals surface area contributed by atoms with Crippen LogP contribution in [-0.4, -0.2) is 30.0 Å². The molecule has 3 heteroatoms. The Bertz CT molecular complexity index is 284. The molecular formula is C13H22N2S. The summed E-state index contributed by atoms with van der Waals surface area (Å²) < 4.78 is 0. The minimum atomic E-state index is 0.842. The van der Waals surface area contributed by atoms with Gasteiger partial charge in [0.05, 0.1) is 0 Å². The maximum absolute atomic E-state index is 5.67. The first-order valence-corrected chi connectivity index (χ1v) is 7.21. The average molecular weight is 238 g/mol. The largest absolute Gasteiger partial charge is 0.399 e. The van der Waals surface area contributed by atoms with Crippen LogP contribution in [-0.2, 0) is 6.54 Å². The molecule has 0 saturated heterocycles. The van der Waals surface area contributed by atoms with Crippen LogP contribution in [0.4, 0.5) is 5.69 Å². The molecule has 0 aliphatic rings. The number of anilines is 1. The van der Waals surface area contributed by atoms with Crippen LogP contribution >= 0.6 is 11.8 Å². The number of hydrogen-bond donors (Lipinski definition) is 1. The van der Waals surface area contributed by atoms with Crippen molar-refractivity contribution in [1.82, 2.24) is 4.90 Å². The standard InChI is InChI=1S/C13H22N2S/c1-3-15(9-4-10-16-2)11-12-5-7-13(14)8-6-12/h5-8H,3-4,9-11,14H2,1-2H3. The van der Waals surface area contributed by atoms with Gasteiger partial charge in [0.25, 0.3) is 0 Å². The van der Waals surface area contributed by atoms with E-state index < -0.39 is 0 Å². The second-order valence-corrected chi connectivity index (χ2v) is 4.94. The van der Waals surface area contributed by atoms with E-state index in [4.69, 9.17) is 5.73 Å². The van der Waals surface area contributed by atoms with E-state index in [2.05, 4.69) is 30.2 Å². The number of benzene rings is 1. The Balaban J connectivity index is 2.40. The van der Waals surface area contributed by atoms with Crippen molar-refractivity contribution in [2.45, 2.75) is 19.9 Å². The van der Waals surface area contributed by atoms with Crippen LogP contribution in [0.3, 0.4) is 0 Å². The lowest BCUT2D eigenvalue weighted by atomic mass is 10.2. The van der Waals surface area contributed by atoms with Crippen LogP contribution in [0.15, 0.2) is 24.3 Å². The topological polar surface area (TPSA) is 29.3 Å². The van der Waals surface area contributed by atoms with Crippen molar-refractivity contribution in [1.29, 1.82) is 0 Å². The summed E-state index contributed by atoms with van der Waals surface area (Å²) in [6, 6.07) is 8.19. The Morgan fingerprint density at radius 2 is 1.94 bits per heavy atom. The number of nitrogens with zero attached hydrogens (tertiary/aromatic N) is 1. The van der Waals surface area contributed by atoms with Crippen molar-refractivity contribution in [2.24, 2.45) is 0 Å². The summed E-state index contributed by atoms with van der Waals surface area (Å²) in [5, 5.41) is 0. The van der Waals surface area contributed by atoms with Crippen LogP contribution in [0.5, 0.6) is 0 Å². The zero-order valence-electron chi connectivity index (χ0n) is 10.3. The van der Waals surface area contributed by atoms with Crippen LogP contribution in [0.2, 0.25) is 0 Å². The lowest BCUT2D eigenvalue weighted by Crippen LogP contribution is -2.24. The zero-order chi connectivity index (χ0) is 11.8. The Morgan fingerprint density at radius 3 is 2.50 bits per heavy atom. The van der Waals surface area contributed by atoms with Crippen LogP contribution in [0, 0.1) is 0 Å². The molecular weight excluding hydrogens is 216 g/mol. The molecule has 2 nitrogen and oxygen atoms in total. The average Bonchev–Trinajstić information content (AvgIpc) is 2.31. The van der Waals surface area contributed by atoms with Crippen molar-refractivity contribution < 1.29 is 0 Å². The quantitative estimate of drug-likeness (QED) is 0.585. The zero-order valence-corrected chi connectivity index (χ0v) is 11.1. The lowest BCUT2D eigenvalue weighted by Gasteiger charge is -2.20. The molecule has 1 aromatic rings. The summed E-state index contributed by atoms with van der Waals surface area (Å²) in [6.45, 7) is 5.54. The number of rotatable bonds is 7. The monoisotopic (exact) mass is 238 g/mol. The molecule has 0 spiro atoms. The maximum Gasteiger partial charge on any atom is 0.0314 e. The highest BCUT2D eigenvalue weighted by Crippen LogP contribution is 2.09. The molecule has 0 aliphatic carbocycles. The molecule has 2 N–H and O–H groups in total. The van der Waals surface area contributed by atoms with Gasteiger partial charge in [-0.15, -0.1) is 0 Å². The molecule has 1 rings (SSSR count). The van der Waals surface area contributed by atoms with Crippen LogP contribution < -0.4 is 5.73 Å². The SMILES string of the molecule is CCN(CCCSC)Cc1ccc(N)cc1. The van der Waals surface area contributed by atoms with E-state index in [1.807, 2.05) is 23.9 Å². The van der Waals surface area contributed by atoms with Gasteiger partial charge in [0.15, 0.2) is 0 Å². The van der Waals surface area contributed by atoms with E-state index in [1.54, 1.807) is 0 Å². The fourth-order valence-corrected chi connectivity index (χ4v) is 2.08. The van der Waals surface area contributed by atoms with Crippen molar-refractivity contribution in [3.05, 3.63) is 29.8 Å². The van der Waals surface area contributed by atoms with Gasteiger partial charge in [0.2, 0.25) is 0 Å². The Kier molecular flexibility index (Phi) is 6.34. The number of nitrogen functional groups attached to an aromatic ring is 1. The molecule has 0 radical (unpaired) electrons. The first-order valence-electron chi connectivity index (χ1n) is 5.82. The van der Waals surface area contributed by atoms with E-state index in [1.165, 1.54) is 24.3 Å². The second kappa shape index (κ2) is 7.58. The summed E-state index contributed by atoms with van der Waals surface area (Å²) in [5.41, 5.74) is 7.86. The highest BCUT2D eigenvalue weighted by atomic mass is 32.2. The number of thioether (sulfide) groups is 1. The fourth-order valence-electron chi connectivity index (χ4n) is 1.66. The highest BCUT2D eigenvalue weighted by Gasteiger charge is 2.02. The van der Waals surface area contributed by atoms with E-state index in [-0.39, 0.29) is 0 Å². The molecule has 90 valence electrons. The third kappa shape index (κ3) is 4.90. The second-order valence-electron chi connectivity index (χ2n) is 3.96. The molecule has 0 amide bonds.